The lowest BCUT2D eigenvalue weighted by Gasteiger charge is -2.12. The van der Waals surface area contributed by atoms with E-state index in [1.165, 1.54) is 5.70 Å². The quantitative estimate of drug-likeness (QED) is 0.539. The molecule has 0 amide bonds. The van der Waals surface area contributed by atoms with Gasteiger partial charge in [-0.1, -0.05) is 19.2 Å². The molecular formula is C8H11N. The molecule has 0 saturated heterocycles. The second-order valence-corrected chi connectivity index (χ2v) is 2.00. The summed E-state index contributed by atoms with van der Waals surface area (Å²) in [6.07, 6.45) is 6.97. The van der Waals surface area contributed by atoms with Gasteiger partial charge in [0.15, 0.2) is 0 Å². The molecule has 1 heteroatoms. The van der Waals surface area contributed by atoms with Gasteiger partial charge < -0.3 is 4.90 Å². The Kier molecular flexibility index (Phi) is 1.73. The van der Waals surface area contributed by atoms with Crippen LogP contribution in [0.1, 0.15) is 6.42 Å². The molecule has 1 heterocycles. The monoisotopic (exact) mass is 121 g/mol. The molecule has 0 atom stereocenters. The van der Waals surface area contributed by atoms with Gasteiger partial charge in [-0.2, -0.15) is 0 Å². The van der Waals surface area contributed by atoms with Gasteiger partial charge in [-0.3, -0.25) is 0 Å². The van der Waals surface area contributed by atoms with Crippen LogP contribution in [0.4, 0.5) is 0 Å². The Hall–Kier alpha value is -0.980. The van der Waals surface area contributed by atoms with Crippen LogP contribution in [-0.2, 0) is 0 Å². The zero-order valence-electron chi connectivity index (χ0n) is 5.51. The van der Waals surface area contributed by atoms with Crippen LogP contribution in [0, 0.1) is 0 Å². The molecule has 0 aromatic rings. The van der Waals surface area contributed by atoms with E-state index < -0.39 is 0 Å². The number of allylic oxidation sites excluding steroid dienone is 1. The molecule has 1 aliphatic heterocycles. The Balaban J connectivity index is 2.67. The fourth-order valence-corrected chi connectivity index (χ4v) is 0.995. The van der Waals surface area contributed by atoms with Gasteiger partial charge >= 0.3 is 0 Å². The zero-order chi connectivity index (χ0) is 6.69. The Bertz CT molecular complexity index is 156. The van der Waals surface area contributed by atoms with Crippen LogP contribution < -0.4 is 0 Å². The van der Waals surface area contributed by atoms with Gasteiger partial charge in [0.05, 0.1) is 0 Å². The molecule has 1 aliphatic rings. The van der Waals surface area contributed by atoms with E-state index in [2.05, 4.69) is 24.1 Å². The summed E-state index contributed by atoms with van der Waals surface area (Å²) in [4.78, 5) is 2.09. The molecule has 48 valence electrons. The number of hydrogen-bond acceptors (Lipinski definition) is 1. The highest BCUT2D eigenvalue weighted by Gasteiger charge is 2.06. The van der Waals surface area contributed by atoms with Crippen molar-refractivity contribution in [2.75, 3.05) is 6.54 Å². The number of nitrogens with zero attached hydrogens (tertiary/aromatic N) is 1. The average molecular weight is 121 g/mol. The molecule has 1 nitrogen and oxygen atoms in total. The molecule has 0 fully saturated rings. The van der Waals surface area contributed by atoms with Gasteiger partial charge in [-0.05, 0) is 18.7 Å². The molecule has 0 bridgehead atoms. The van der Waals surface area contributed by atoms with Crippen molar-refractivity contribution >= 4 is 0 Å². The highest BCUT2D eigenvalue weighted by molar-refractivity contribution is 5.20. The summed E-state index contributed by atoms with van der Waals surface area (Å²) in [6, 6.07) is 0. The van der Waals surface area contributed by atoms with E-state index in [-0.39, 0.29) is 0 Å². The van der Waals surface area contributed by atoms with Crippen molar-refractivity contribution in [2.45, 2.75) is 6.42 Å². The molecular weight excluding hydrogens is 110 g/mol. The van der Waals surface area contributed by atoms with Gasteiger partial charge in [-0.25, -0.2) is 0 Å². The lowest BCUT2D eigenvalue weighted by atomic mass is 10.4. The minimum atomic E-state index is 1.06. The van der Waals surface area contributed by atoms with Crippen molar-refractivity contribution in [2.24, 2.45) is 0 Å². The van der Waals surface area contributed by atoms with Crippen molar-refractivity contribution in [3.05, 3.63) is 37.2 Å². The fourth-order valence-electron chi connectivity index (χ4n) is 0.995. The SMILES string of the molecule is C=CC1=CCCN1C=C. The van der Waals surface area contributed by atoms with E-state index in [1.807, 2.05) is 12.3 Å². The largest absolute Gasteiger partial charge is 0.349 e. The summed E-state index contributed by atoms with van der Waals surface area (Å²) in [5.41, 5.74) is 1.19. The molecule has 9 heavy (non-hydrogen) atoms. The molecule has 0 aliphatic carbocycles. The number of hydrogen-bond donors (Lipinski definition) is 0. The molecule has 0 aromatic carbocycles. The number of rotatable bonds is 2. The summed E-state index contributed by atoms with van der Waals surface area (Å²) in [7, 11) is 0. The van der Waals surface area contributed by atoms with Gasteiger partial charge in [-0.15, -0.1) is 0 Å². The third-order valence-corrected chi connectivity index (χ3v) is 1.48. The fraction of sp³-hybridized carbons (Fsp3) is 0.250. The van der Waals surface area contributed by atoms with Crippen LogP contribution in [-0.4, -0.2) is 11.4 Å². The van der Waals surface area contributed by atoms with Crippen molar-refractivity contribution < 1.29 is 0 Å². The van der Waals surface area contributed by atoms with E-state index in [9.17, 15) is 0 Å². The first-order valence-electron chi connectivity index (χ1n) is 3.10. The average Bonchev–Trinajstić information content (AvgIpc) is 2.33. The molecule has 0 N–H and O–H groups in total. The maximum Gasteiger partial charge on any atom is 0.0360 e. The first kappa shape index (κ1) is 6.14. The maximum absolute atomic E-state index is 3.68. The van der Waals surface area contributed by atoms with Crippen LogP contribution in [0.15, 0.2) is 37.2 Å². The van der Waals surface area contributed by atoms with Gasteiger partial charge in [0.2, 0.25) is 0 Å². The van der Waals surface area contributed by atoms with Crippen molar-refractivity contribution in [1.29, 1.82) is 0 Å². The Labute approximate surface area is 56.0 Å². The maximum atomic E-state index is 3.68. The topological polar surface area (TPSA) is 3.24 Å². The lowest BCUT2D eigenvalue weighted by molar-refractivity contribution is 0.525. The predicted octanol–water partition coefficient (Wildman–Crippen LogP) is 1.91. The van der Waals surface area contributed by atoms with Crippen molar-refractivity contribution in [3.63, 3.8) is 0 Å². The van der Waals surface area contributed by atoms with Crippen LogP contribution in [0.25, 0.3) is 0 Å². The van der Waals surface area contributed by atoms with E-state index in [1.54, 1.807) is 0 Å². The molecule has 0 unspecified atom stereocenters. The van der Waals surface area contributed by atoms with Gasteiger partial charge in [0.1, 0.15) is 0 Å². The normalized spacial score (nSPS) is 17.3. The molecule has 0 aromatic heterocycles. The molecule has 0 saturated carbocycles. The third kappa shape index (κ3) is 1.04. The van der Waals surface area contributed by atoms with E-state index in [0.29, 0.717) is 0 Å². The zero-order valence-corrected chi connectivity index (χ0v) is 5.51. The van der Waals surface area contributed by atoms with Crippen LogP contribution in [0.3, 0.4) is 0 Å². The predicted molar refractivity (Wildman–Crippen MR) is 39.8 cm³/mol. The summed E-state index contributed by atoms with van der Waals surface area (Å²) in [6.45, 7) is 8.42. The summed E-state index contributed by atoms with van der Waals surface area (Å²) in [5, 5.41) is 0. The smallest absolute Gasteiger partial charge is 0.0360 e. The summed E-state index contributed by atoms with van der Waals surface area (Å²) in [5.74, 6) is 0. The van der Waals surface area contributed by atoms with E-state index >= 15 is 0 Å². The van der Waals surface area contributed by atoms with E-state index in [0.717, 1.165) is 13.0 Å². The van der Waals surface area contributed by atoms with Crippen molar-refractivity contribution in [3.8, 4) is 0 Å². The minimum Gasteiger partial charge on any atom is -0.349 e. The second-order valence-electron chi connectivity index (χ2n) is 2.00. The third-order valence-electron chi connectivity index (χ3n) is 1.48. The van der Waals surface area contributed by atoms with Gasteiger partial charge in [0, 0.05) is 12.2 Å². The van der Waals surface area contributed by atoms with Crippen LogP contribution >= 0.6 is 0 Å². The first-order valence-corrected chi connectivity index (χ1v) is 3.10. The van der Waals surface area contributed by atoms with E-state index in [4.69, 9.17) is 0 Å². The Morgan fingerprint density at radius 3 is 2.78 bits per heavy atom. The molecule has 0 spiro atoms. The van der Waals surface area contributed by atoms with Gasteiger partial charge in [0.25, 0.3) is 0 Å². The Morgan fingerprint density at radius 1 is 1.56 bits per heavy atom. The lowest BCUT2D eigenvalue weighted by Crippen LogP contribution is -2.09. The first-order chi connectivity index (χ1) is 4.38. The standard InChI is InChI=1S/C8H11N/c1-3-8-6-5-7-9(8)4-2/h3-4,6H,1-2,5,7H2. The summed E-state index contributed by atoms with van der Waals surface area (Å²) < 4.78 is 0. The van der Waals surface area contributed by atoms with Crippen LogP contribution in [0.2, 0.25) is 0 Å². The Morgan fingerprint density at radius 2 is 2.33 bits per heavy atom. The van der Waals surface area contributed by atoms with Crippen LogP contribution in [0.5, 0.6) is 0 Å². The highest BCUT2D eigenvalue weighted by atomic mass is 15.1. The highest BCUT2D eigenvalue weighted by Crippen LogP contribution is 2.14. The summed E-state index contributed by atoms with van der Waals surface area (Å²) >= 11 is 0. The minimum absolute atomic E-state index is 1.06. The second kappa shape index (κ2) is 2.53. The van der Waals surface area contributed by atoms with Crippen molar-refractivity contribution in [1.82, 2.24) is 4.90 Å². The molecule has 1 rings (SSSR count). The molecule has 0 radical (unpaired) electrons.